The average molecular weight is 412 g/mol. The van der Waals surface area contributed by atoms with Gasteiger partial charge in [-0.15, -0.1) is 0 Å². The third kappa shape index (κ3) is 3.32. The third-order valence-electron chi connectivity index (χ3n) is 4.47. The summed E-state index contributed by atoms with van der Waals surface area (Å²) in [6.45, 7) is 0. The molecule has 0 unspecified atom stereocenters. The number of aromatic nitrogens is 4. The number of ether oxygens (including phenoxy) is 1. The van der Waals surface area contributed by atoms with Gasteiger partial charge in [-0.2, -0.15) is 4.68 Å². The van der Waals surface area contributed by atoms with E-state index >= 15 is 0 Å². The van der Waals surface area contributed by atoms with E-state index in [0.717, 1.165) is 0 Å². The van der Waals surface area contributed by atoms with Crippen molar-refractivity contribution in [1.29, 1.82) is 0 Å². The number of carbonyl (C=O) groups is 2. The Balaban J connectivity index is 1.94. The predicted molar refractivity (Wildman–Crippen MR) is 103 cm³/mol. The minimum Gasteiger partial charge on any atom is -0.508 e. The lowest BCUT2D eigenvalue weighted by Gasteiger charge is -2.28. The minimum absolute atomic E-state index is 0.0578. The lowest BCUT2D eigenvalue weighted by molar-refractivity contribution is -0.136. The number of ketones is 1. The fourth-order valence-electron chi connectivity index (χ4n) is 3.11. The average Bonchev–Trinajstić information content (AvgIpc) is 3.21. The van der Waals surface area contributed by atoms with Gasteiger partial charge >= 0.3 is 5.97 Å². The number of halogens is 1. The number of fused-ring (bicyclic) bond motifs is 1. The highest BCUT2D eigenvalue weighted by Gasteiger charge is 2.38. The molecule has 4 rings (SSSR count). The van der Waals surface area contributed by atoms with Crippen LogP contribution in [-0.2, 0) is 9.53 Å². The number of phenols is 1. The lowest BCUT2D eigenvalue weighted by atomic mass is 9.89. The van der Waals surface area contributed by atoms with Gasteiger partial charge in [0, 0.05) is 10.6 Å². The van der Waals surface area contributed by atoms with Gasteiger partial charge in [-0.1, -0.05) is 28.8 Å². The fraction of sp³-hybridized carbons (Fsp3) is 0.105. The summed E-state index contributed by atoms with van der Waals surface area (Å²) in [5.74, 6) is -0.923. The highest BCUT2D eigenvalue weighted by atomic mass is 35.5. The summed E-state index contributed by atoms with van der Waals surface area (Å²) in [7, 11) is 1.22. The maximum Gasteiger partial charge on any atom is 0.355 e. The number of allylic oxidation sites excluding steroid dienone is 1. The van der Waals surface area contributed by atoms with Gasteiger partial charge in [0.05, 0.1) is 12.7 Å². The number of tetrazole rings is 1. The Morgan fingerprint density at radius 2 is 1.83 bits per heavy atom. The zero-order valence-corrected chi connectivity index (χ0v) is 15.8. The third-order valence-corrected chi connectivity index (χ3v) is 4.72. The molecule has 3 aromatic rings. The molecule has 1 aliphatic heterocycles. The Kier molecular flexibility index (Phi) is 4.73. The lowest BCUT2D eigenvalue weighted by Crippen LogP contribution is -2.32. The second kappa shape index (κ2) is 7.36. The number of nitrogens with zero attached hydrogens (tertiary/aromatic N) is 4. The van der Waals surface area contributed by atoms with E-state index in [4.69, 9.17) is 16.3 Å². The molecular formula is C19H14ClN5O4. The van der Waals surface area contributed by atoms with Gasteiger partial charge < -0.3 is 15.2 Å². The molecule has 0 bridgehead atoms. The highest BCUT2D eigenvalue weighted by Crippen LogP contribution is 2.37. The molecule has 1 aliphatic rings. The summed E-state index contributed by atoms with van der Waals surface area (Å²) in [5.41, 5.74) is 0.960. The van der Waals surface area contributed by atoms with Crippen molar-refractivity contribution in [2.75, 3.05) is 12.4 Å². The van der Waals surface area contributed by atoms with E-state index in [1.165, 1.54) is 23.9 Å². The van der Waals surface area contributed by atoms with Crippen molar-refractivity contribution >= 4 is 29.3 Å². The van der Waals surface area contributed by atoms with Crippen LogP contribution in [0.3, 0.4) is 0 Å². The molecule has 2 N–H and O–H groups in total. The van der Waals surface area contributed by atoms with Crippen molar-refractivity contribution in [3.63, 3.8) is 0 Å². The van der Waals surface area contributed by atoms with Crippen molar-refractivity contribution in [2.24, 2.45) is 0 Å². The number of aromatic hydroxyl groups is 1. The number of carbonyl (C=O) groups excluding carboxylic acids is 2. The molecule has 2 heterocycles. The monoisotopic (exact) mass is 411 g/mol. The summed E-state index contributed by atoms with van der Waals surface area (Å²) >= 11 is 5.93. The standard InChI is InChI=1S/C19H14ClN5O4/c1-29-18(28)15-14(17(27)11-2-6-12(20)7-3-11)16(10-4-8-13(26)9-5-10)25-19(21-15)22-23-24-25/h2-9,16,26H,1H3,(H,21,22,24)/t16-/m0/s1. The van der Waals surface area contributed by atoms with E-state index in [2.05, 4.69) is 20.8 Å². The zero-order chi connectivity index (χ0) is 20.5. The number of hydrogen-bond acceptors (Lipinski definition) is 8. The zero-order valence-electron chi connectivity index (χ0n) is 15.0. The van der Waals surface area contributed by atoms with Crippen molar-refractivity contribution < 1.29 is 19.4 Å². The van der Waals surface area contributed by atoms with Crippen LogP contribution in [0, 0.1) is 0 Å². The number of rotatable bonds is 4. The van der Waals surface area contributed by atoms with Crippen molar-refractivity contribution in [1.82, 2.24) is 20.2 Å². The van der Waals surface area contributed by atoms with Crippen LogP contribution in [0.1, 0.15) is 22.0 Å². The van der Waals surface area contributed by atoms with Crippen LogP contribution in [-0.4, -0.2) is 44.2 Å². The smallest absolute Gasteiger partial charge is 0.355 e. The van der Waals surface area contributed by atoms with Crippen LogP contribution in [0.25, 0.3) is 0 Å². The SMILES string of the molecule is COC(=O)C1=C(C(=O)c2ccc(Cl)cc2)[C@H](c2ccc(O)cc2)n2nnnc2N1. The molecule has 0 saturated heterocycles. The number of benzene rings is 2. The first kappa shape index (κ1) is 18.6. The quantitative estimate of drug-likeness (QED) is 0.496. The Morgan fingerprint density at radius 3 is 2.48 bits per heavy atom. The van der Waals surface area contributed by atoms with Crippen LogP contribution < -0.4 is 5.32 Å². The van der Waals surface area contributed by atoms with Gasteiger partial charge in [0.1, 0.15) is 17.5 Å². The summed E-state index contributed by atoms with van der Waals surface area (Å²) < 4.78 is 6.26. The number of hydrogen-bond donors (Lipinski definition) is 2. The van der Waals surface area contributed by atoms with Crippen molar-refractivity contribution in [2.45, 2.75) is 6.04 Å². The molecule has 0 aliphatic carbocycles. The van der Waals surface area contributed by atoms with Crippen LogP contribution in [0.4, 0.5) is 5.95 Å². The summed E-state index contributed by atoms with van der Waals surface area (Å²) in [6.07, 6.45) is 0. The van der Waals surface area contributed by atoms with Crippen molar-refractivity contribution in [3.05, 3.63) is 76.0 Å². The van der Waals surface area contributed by atoms with Crippen molar-refractivity contribution in [3.8, 4) is 5.75 Å². The van der Waals surface area contributed by atoms with Crippen LogP contribution in [0.15, 0.2) is 59.8 Å². The Hall–Kier alpha value is -3.72. The van der Waals surface area contributed by atoms with Gasteiger partial charge in [0.25, 0.3) is 0 Å². The minimum atomic E-state index is -0.820. The van der Waals surface area contributed by atoms with Crippen LogP contribution in [0.2, 0.25) is 5.02 Å². The van der Waals surface area contributed by atoms with Gasteiger partial charge in [0.15, 0.2) is 5.78 Å². The highest BCUT2D eigenvalue weighted by molar-refractivity contribution is 6.30. The number of Topliss-reactive ketones (excluding diaryl/α,β-unsaturated/α-hetero) is 1. The number of esters is 1. The summed E-state index contributed by atoms with van der Waals surface area (Å²) in [4.78, 5) is 25.9. The first-order valence-electron chi connectivity index (χ1n) is 8.46. The molecule has 146 valence electrons. The molecule has 0 fully saturated rings. The second-order valence-electron chi connectivity index (χ2n) is 6.18. The van der Waals surface area contributed by atoms with E-state index in [9.17, 15) is 14.7 Å². The molecule has 29 heavy (non-hydrogen) atoms. The molecule has 1 aromatic heterocycles. The van der Waals surface area contributed by atoms with Gasteiger partial charge in [-0.3, -0.25) is 4.79 Å². The molecule has 0 amide bonds. The largest absolute Gasteiger partial charge is 0.508 e. The van der Waals surface area contributed by atoms with E-state index in [0.29, 0.717) is 16.1 Å². The summed E-state index contributed by atoms with van der Waals surface area (Å²) in [5, 5.41) is 24.4. The Bertz CT molecular complexity index is 1120. The second-order valence-corrected chi connectivity index (χ2v) is 6.62. The number of phenolic OH excluding ortho intramolecular Hbond substituents is 1. The number of nitrogens with one attached hydrogen (secondary N) is 1. The molecular weight excluding hydrogens is 398 g/mol. The molecule has 9 nitrogen and oxygen atoms in total. The van der Waals surface area contributed by atoms with Crippen LogP contribution >= 0.6 is 11.6 Å². The molecule has 0 spiro atoms. The maximum absolute atomic E-state index is 13.4. The van der Waals surface area contributed by atoms with E-state index < -0.39 is 17.8 Å². The molecule has 0 radical (unpaired) electrons. The van der Waals surface area contributed by atoms with E-state index in [1.807, 2.05) is 0 Å². The van der Waals surface area contributed by atoms with E-state index in [1.54, 1.807) is 36.4 Å². The van der Waals surface area contributed by atoms with E-state index in [-0.39, 0.29) is 23.0 Å². The maximum atomic E-state index is 13.4. The number of methoxy groups -OCH3 is 1. The molecule has 0 saturated carbocycles. The molecule has 2 aromatic carbocycles. The molecule has 10 heteroatoms. The predicted octanol–water partition coefficient (Wildman–Crippen LogP) is 2.36. The molecule has 1 atom stereocenters. The normalized spacial score (nSPS) is 15.4. The first-order chi connectivity index (χ1) is 14.0. The van der Waals surface area contributed by atoms with Crippen LogP contribution in [0.5, 0.6) is 5.75 Å². The Labute approximate surface area is 169 Å². The topological polar surface area (TPSA) is 119 Å². The van der Waals surface area contributed by atoms with Gasteiger partial charge in [-0.25, -0.2) is 4.79 Å². The first-order valence-corrected chi connectivity index (χ1v) is 8.84. The fourth-order valence-corrected chi connectivity index (χ4v) is 3.24. The number of anilines is 1. The summed E-state index contributed by atoms with van der Waals surface area (Å²) in [6, 6.07) is 11.7. The van der Waals surface area contributed by atoms with Gasteiger partial charge in [-0.05, 0) is 52.4 Å². The Morgan fingerprint density at radius 1 is 1.14 bits per heavy atom. The van der Waals surface area contributed by atoms with Gasteiger partial charge in [0.2, 0.25) is 5.95 Å².